The molecule has 0 radical (unpaired) electrons. The van der Waals surface area contributed by atoms with E-state index in [1.165, 1.54) is 19.8 Å². The summed E-state index contributed by atoms with van der Waals surface area (Å²) in [5, 5.41) is 118. The van der Waals surface area contributed by atoms with Crippen molar-refractivity contribution in [3.05, 3.63) is 0 Å². The third kappa shape index (κ3) is 9.30. The molecule has 21 nitrogen and oxygen atoms in total. The van der Waals surface area contributed by atoms with E-state index in [1.54, 1.807) is 0 Å². The molecule has 0 bridgehead atoms. The molecule has 6 saturated heterocycles. The fourth-order valence-electron chi connectivity index (χ4n) is 15.7. The molecule has 4 saturated carbocycles. The highest BCUT2D eigenvalue weighted by Crippen LogP contribution is 2.71. The van der Waals surface area contributed by atoms with Gasteiger partial charge in [0.2, 0.25) is 0 Å². The normalized spacial score (nSPS) is 58.5. The van der Waals surface area contributed by atoms with E-state index in [0.717, 1.165) is 58.0 Å². The van der Waals surface area contributed by atoms with Gasteiger partial charge in [-0.25, -0.2) is 0 Å². The minimum Gasteiger partial charge on any atom is -0.394 e. The van der Waals surface area contributed by atoms with Crippen molar-refractivity contribution in [1.82, 2.24) is 0 Å². The first-order chi connectivity index (χ1) is 33.7. The lowest BCUT2D eigenvalue weighted by molar-refractivity contribution is -0.380. The fraction of sp³-hybridized carbons (Fsp3) is 1.00. The van der Waals surface area contributed by atoms with Crippen LogP contribution < -0.4 is 0 Å². The molecule has 31 atom stereocenters. The molecule has 1 spiro atoms. The number of hydrogen-bond acceptors (Lipinski definition) is 21. The minimum absolute atomic E-state index is 0.140. The van der Waals surface area contributed by atoms with Gasteiger partial charge in [-0.3, -0.25) is 0 Å². The van der Waals surface area contributed by atoms with Crippen LogP contribution in [0.15, 0.2) is 0 Å². The zero-order valence-electron chi connectivity index (χ0n) is 41.6. The molecule has 10 rings (SSSR count). The molecule has 0 amide bonds. The highest BCUT2D eigenvalue weighted by atomic mass is 16.8. The maximum absolute atomic E-state index is 11.2. The lowest BCUT2D eigenvalue weighted by Gasteiger charge is -2.61. The van der Waals surface area contributed by atoms with Gasteiger partial charge in [-0.2, -0.15) is 0 Å². The van der Waals surface area contributed by atoms with Crippen molar-refractivity contribution in [1.29, 1.82) is 0 Å². The predicted molar refractivity (Wildman–Crippen MR) is 241 cm³/mol. The molecule has 12 unspecified atom stereocenters. The monoisotopic (exact) mass is 1020 g/mol. The summed E-state index contributed by atoms with van der Waals surface area (Å²) in [5.74, 6) is 3.31. The molecule has 10 fully saturated rings. The van der Waals surface area contributed by atoms with Crippen molar-refractivity contribution in [3.8, 4) is 0 Å². The van der Waals surface area contributed by atoms with E-state index >= 15 is 0 Å². The van der Waals surface area contributed by atoms with Gasteiger partial charge in [-0.1, -0.05) is 27.7 Å². The number of rotatable bonds is 10. The molecule has 11 N–H and O–H groups in total. The van der Waals surface area contributed by atoms with Crippen LogP contribution in [-0.2, 0) is 47.4 Å². The molecule has 0 aromatic heterocycles. The summed E-state index contributed by atoms with van der Waals surface area (Å²) >= 11 is 0. The van der Waals surface area contributed by atoms with Gasteiger partial charge in [0.05, 0.1) is 44.7 Å². The average molecular weight is 1020 g/mol. The molecule has 71 heavy (non-hydrogen) atoms. The molecule has 0 aromatic carbocycles. The Bertz CT molecular complexity index is 1810. The topological polar surface area (TPSA) is 315 Å². The maximum atomic E-state index is 11.2. The fourth-order valence-corrected chi connectivity index (χ4v) is 15.7. The smallest absolute Gasteiger partial charge is 0.187 e. The molecule has 408 valence electrons. The van der Waals surface area contributed by atoms with Crippen LogP contribution in [0.3, 0.4) is 0 Å². The standard InChI is InChI=1S/C50H82O21/c1-20-8-13-50(64-17-20)21(2)32-28(71-50)15-27-25-7-6-23-14-24(9-11-48(23,4)26(25)10-12-49(27,32)5)66-45-41(60)38(57)35(54)30(68-45)18-62-44-40(59)36(55)31(19-63-44)69-47-43(39(58)33(52)22(3)65-47)70-46-42(61)37(56)34(53)29(16-51)67-46/h20-47,51-61H,6-19H2,1-5H3/t20?,21?,22-,23?,24?,25?,26?,27?,28?,29-,30-,31+,32?,33+,34-,35-,36-,37-,38-,39-,40-,41-,42-,43-,44-,45-,46+,47+,48?,49?,50?/m1/s1. The molecule has 6 aliphatic heterocycles. The predicted octanol–water partition coefficient (Wildman–Crippen LogP) is -1.24. The molecule has 21 heteroatoms. The van der Waals surface area contributed by atoms with Gasteiger partial charge < -0.3 is 104 Å². The van der Waals surface area contributed by atoms with E-state index < -0.39 is 142 Å². The van der Waals surface area contributed by atoms with Crippen molar-refractivity contribution in [3.63, 3.8) is 0 Å². The Labute approximate surface area is 414 Å². The Morgan fingerprint density at radius 3 is 1.94 bits per heavy atom. The first kappa shape index (κ1) is 53.6. The third-order valence-electron chi connectivity index (χ3n) is 20.0. The van der Waals surface area contributed by atoms with Crippen LogP contribution >= 0.6 is 0 Å². The zero-order chi connectivity index (χ0) is 50.6. The van der Waals surface area contributed by atoms with Gasteiger partial charge in [0.25, 0.3) is 0 Å². The van der Waals surface area contributed by atoms with Crippen molar-refractivity contribution >= 4 is 0 Å². The number of aliphatic hydroxyl groups excluding tert-OH is 11. The van der Waals surface area contributed by atoms with Crippen molar-refractivity contribution in [2.45, 2.75) is 234 Å². The van der Waals surface area contributed by atoms with Gasteiger partial charge in [0, 0.05) is 12.3 Å². The second kappa shape index (κ2) is 20.5. The van der Waals surface area contributed by atoms with Crippen molar-refractivity contribution in [2.24, 2.45) is 52.3 Å². The van der Waals surface area contributed by atoms with Gasteiger partial charge in [-0.15, -0.1) is 0 Å². The SMILES string of the molecule is CC1CCC2(OC1)OC1CC3C4CCC5CC(O[C@@H]6O[C@H](CO[C@@H]7OC[C@H](O[C@@H]8O[C@H](C)[C@H](O)[C@@H](O)[C@H]8O[C@@H]8O[C@H](CO)[C@@H](O)[C@@H](O)[C@H]8O)[C@@H](O)[C@H]7O)[C@@H](O)[C@@H](O)[C@H]6O)CCC5(C)C4CCC3(C)C1C2C. The van der Waals surface area contributed by atoms with Gasteiger partial charge >= 0.3 is 0 Å². The highest BCUT2D eigenvalue weighted by molar-refractivity contribution is 5.15. The molecule has 4 aliphatic carbocycles. The van der Waals surface area contributed by atoms with E-state index in [2.05, 4.69) is 27.7 Å². The van der Waals surface area contributed by atoms with E-state index in [-0.39, 0.29) is 23.0 Å². The highest BCUT2D eigenvalue weighted by Gasteiger charge is 2.69. The summed E-state index contributed by atoms with van der Waals surface area (Å²) in [4.78, 5) is 0. The Kier molecular flexibility index (Phi) is 15.5. The Morgan fingerprint density at radius 2 is 1.24 bits per heavy atom. The number of fused-ring (bicyclic) bond motifs is 7. The summed E-state index contributed by atoms with van der Waals surface area (Å²) in [6.45, 7) is 10.3. The largest absolute Gasteiger partial charge is 0.394 e. The number of ether oxygens (including phenoxy) is 10. The van der Waals surface area contributed by atoms with Crippen molar-refractivity contribution in [2.75, 3.05) is 26.4 Å². The van der Waals surface area contributed by atoms with E-state index in [1.807, 2.05) is 0 Å². The lowest BCUT2D eigenvalue weighted by Crippen LogP contribution is -2.65. The van der Waals surface area contributed by atoms with Crippen LogP contribution in [0, 0.1) is 52.3 Å². The van der Waals surface area contributed by atoms with Gasteiger partial charge in [0.1, 0.15) is 85.5 Å². The lowest BCUT2D eigenvalue weighted by atomic mass is 9.44. The Balaban J connectivity index is 0.721. The maximum Gasteiger partial charge on any atom is 0.187 e. The third-order valence-corrected chi connectivity index (χ3v) is 20.0. The molecular formula is C50H82O21. The van der Waals surface area contributed by atoms with Crippen LogP contribution in [0.25, 0.3) is 0 Å². The number of aliphatic hydroxyl groups is 11. The van der Waals surface area contributed by atoms with Crippen LogP contribution in [0.5, 0.6) is 0 Å². The van der Waals surface area contributed by atoms with E-state index in [0.29, 0.717) is 41.4 Å². The molecule has 0 aromatic rings. The first-order valence-electron chi connectivity index (χ1n) is 26.6. The van der Waals surface area contributed by atoms with Gasteiger partial charge in [-0.05, 0) is 111 Å². The first-order valence-corrected chi connectivity index (χ1v) is 26.6. The van der Waals surface area contributed by atoms with Crippen LogP contribution in [0.2, 0.25) is 0 Å². The molecule has 6 heterocycles. The zero-order valence-corrected chi connectivity index (χ0v) is 41.6. The summed E-state index contributed by atoms with van der Waals surface area (Å²) in [5.41, 5.74) is 0.369. The van der Waals surface area contributed by atoms with Crippen LogP contribution in [0.4, 0.5) is 0 Å². The summed E-state index contributed by atoms with van der Waals surface area (Å²) in [7, 11) is 0. The second-order valence-corrected chi connectivity index (χ2v) is 23.9. The number of hydrogen-bond donors (Lipinski definition) is 11. The van der Waals surface area contributed by atoms with E-state index in [9.17, 15) is 56.2 Å². The van der Waals surface area contributed by atoms with Crippen LogP contribution in [0.1, 0.15) is 98.8 Å². The average Bonchev–Trinajstić information content (AvgIpc) is 3.80. The van der Waals surface area contributed by atoms with Crippen molar-refractivity contribution < 1.29 is 104 Å². The van der Waals surface area contributed by atoms with E-state index in [4.69, 9.17) is 47.4 Å². The summed E-state index contributed by atoms with van der Waals surface area (Å²) < 4.78 is 60.5. The molecule has 10 aliphatic rings. The van der Waals surface area contributed by atoms with Crippen LogP contribution in [-0.4, -0.2) is 217 Å². The van der Waals surface area contributed by atoms with Gasteiger partial charge in [0.15, 0.2) is 30.9 Å². The minimum atomic E-state index is -1.86. The second-order valence-electron chi connectivity index (χ2n) is 23.9. The molecular weight excluding hydrogens is 937 g/mol. The summed E-state index contributed by atoms with van der Waals surface area (Å²) in [6.07, 6.45) is -19.2. The quantitative estimate of drug-likeness (QED) is 0.114. The Morgan fingerprint density at radius 1 is 0.563 bits per heavy atom. The Hall–Kier alpha value is -0.840. The summed E-state index contributed by atoms with van der Waals surface area (Å²) in [6, 6.07) is 0.